The summed E-state index contributed by atoms with van der Waals surface area (Å²) < 4.78 is 35.1. The van der Waals surface area contributed by atoms with Gasteiger partial charge in [-0.3, -0.25) is 9.59 Å². The Bertz CT molecular complexity index is 1630. The summed E-state index contributed by atoms with van der Waals surface area (Å²) in [5, 5.41) is 103. The maximum atomic E-state index is 14.0. The van der Waals surface area contributed by atoms with Crippen LogP contribution >= 0.6 is 0 Å². The predicted octanol–water partition coefficient (Wildman–Crippen LogP) is -0.781. The first kappa shape index (κ1) is 49.3. The number of hydrogen-bond donors (Lipinski definition) is 10. The Hall–Kier alpha value is -1.56. The van der Waals surface area contributed by atoms with Gasteiger partial charge < -0.3 is 79.5 Å². The molecule has 3 heterocycles. The molecule has 3 aliphatic heterocycles. The molecule has 4 aliphatic carbocycles. The van der Waals surface area contributed by atoms with E-state index in [2.05, 4.69) is 19.9 Å². The van der Waals surface area contributed by atoms with Crippen LogP contribution in [-0.4, -0.2) is 181 Å². The highest BCUT2D eigenvalue weighted by Crippen LogP contribution is 2.66. The largest absolute Gasteiger partial charge is 0.394 e. The Kier molecular flexibility index (Phi) is 15.3. The Morgan fingerprint density at radius 3 is 2.08 bits per heavy atom. The van der Waals surface area contributed by atoms with Crippen molar-refractivity contribution in [2.24, 2.45) is 46.3 Å². The minimum atomic E-state index is -1.67. The third-order valence-electron chi connectivity index (χ3n) is 16.5. The maximum Gasteiger partial charge on any atom is 0.187 e. The molecule has 1 unspecified atom stereocenters. The van der Waals surface area contributed by atoms with Gasteiger partial charge in [0.1, 0.15) is 78.7 Å². The van der Waals surface area contributed by atoms with Crippen LogP contribution in [0.15, 0.2) is 11.6 Å². The van der Waals surface area contributed by atoms with Crippen molar-refractivity contribution in [3.8, 4) is 0 Å². The molecule has 3 saturated carbocycles. The van der Waals surface area contributed by atoms with Crippen molar-refractivity contribution >= 4 is 11.6 Å². The van der Waals surface area contributed by atoms with E-state index < -0.39 is 117 Å². The quantitative estimate of drug-likeness (QED) is 0.0957. The lowest BCUT2D eigenvalue weighted by molar-refractivity contribution is -0.369. The van der Waals surface area contributed by atoms with E-state index in [-0.39, 0.29) is 59.3 Å². The first-order valence-electron chi connectivity index (χ1n) is 23.1. The number of rotatable bonds is 14. The molecule has 0 aromatic rings. The second-order valence-electron chi connectivity index (χ2n) is 20.4. The van der Waals surface area contributed by atoms with Gasteiger partial charge in [-0.15, -0.1) is 0 Å². The number of allylic oxidation sites excluding steroid dienone is 1. The zero-order chi connectivity index (χ0) is 45.9. The summed E-state index contributed by atoms with van der Waals surface area (Å²) in [4.78, 5) is 27.8. The van der Waals surface area contributed by atoms with E-state index in [9.17, 15) is 60.7 Å². The molecule has 24 atom stereocenters. The standard InChI is InChI=1S/C45H72O18/c1-19(18-58-41-38(56)36(54)33(51)29(16-46)61-41)6-9-27(48)20(2)31-28(49)15-26-24-8-7-22-14-23(10-12-44(22,4)25(24)11-13-45(26,31)5)60-43-40(37(55)34(52)30(17-47)62-43)63-42-39(57)35(53)32(50)21(3)59-42/h7,19-21,23-26,29-43,46-47,50-57H,6,8-18H2,1-5H3/t19-,20-,21+,23+,24-,25+,26+,29-,30-,31?,32+,33-,34-,35-,36+,37+,38-,39-,40-,41-,42+,43-,44+,45+/m1/s1. The third kappa shape index (κ3) is 9.24. The van der Waals surface area contributed by atoms with Crippen molar-refractivity contribution in [1.29, 1.82) is 0 Å². The molecule has 7 rings (SSSR count). The minimum absolute atomic E-state index is 0.0171. The molecule has 10 N–H and O–H groups in total. The molecule has 360 valence electrons. The van der Waals surface area contributed by atoms with Crippen molar-refractivity contribution in [1.82, 2.24) is 0 Å². The number of fused-ring (bicyclic) bond motifs is 5. The number of hydrogen-bond acceptors (Lipinski definition) is 18. The van der Waals surface area contributed by atoms with Crippen molar-refractivity contribution in [2.45, 2.75) is 191 Å². The van der Waals surface area contributed by atoms with E-state index in [4.69, 9.17) is 28.4 Å². The lowest BCUT2D eigenvalue weighted by Crippen LogP contribution is -2.64. The summed E-state index contributed by atoms with van der Waals surface area (Å²) in [6.45, 7) is 8.71. The molecule has 0 spiro atoms. The Morgan fingerprint density at radius 1 is 0.762 bits per heavy atom. The van der Waals surface area contributed by atoms with Gasteiger partial charge in [0.15, 0.2) is 18.9 Å². The van der Waals surface area contributed by atoms with Crippen LogP contribution in [0.4, 0.5) is 0 Å². The zero-order valence-electron chi connectivity index (χ0n) is 37.0. The molecule has 63 heavy (non-hydrogen) atoms. The van der Waals surface area contributed by atoms with Gasteiger partial charge in [0.2, 0.25) is 0 Å². The average molecular weight is 901 g/mol. The van der Waals surface area contributed by atoms with E-state index in [1.54, 1.807) is 0 Å². The number of carbonyl (C=O) groups is 2. The fourth-order valence-electron chi connectivity index (χ4n) is 12.6. The van der Waals surface area contributed by atoms with Crippen LogP contribution in [-0.2, 0) is 38.0 Å². The number of carbonyl (C=O) groups excluding carboxylic acids is 2. The molecule has 0 amide bonds. The normalized spacial score (nSPS) is 49.9. The van der Waals surface area contributed by atoms with E-state index >= 15 is 0 Å². The lowest BCUT2D eigenvalue weighted by Gasteiger charge is -2.58. The van der Waals surface area contributed by atoms with Crippen molar-refractivity contribution < 1.29 is 89.1 Å². The van der Waals surface area contributed by atoms with Gasteiger partial charge in [-0.05, 0) is 86.4 Å². The van der Waals surface area contributed by atoms with Gasteiger partial charge in [0.25, 0.3) is 0 Å². The van der Waals surface area contributed by atoms with Crippen LogP contribution in [0.2, 0.25) is 0 Å². The summed E-state index contributed by atoms with van der Waals surface area (Å²) >= 11 is 0. The SMILES string of the molecule is C[C@H](CCC(=O)[C@@H](C)C1C(=O)C[C@H]2[C@@H]3CC=C4C[C@@H](O[C@@H]5O[C@H](CO)[C@@H](O)[C@H](O)[C@H]5O[C@@H]5O[C@@H](C)[C@H](O)[C@@H](O)[C@H]5O)CC[C@]4(C)[C@H]3CC[C@]12C)CO[C@@H]1O[C@H](CO)[C@@H](O)[C@H](O)[C@H]1O. The fourth-order valence-corrected chi connectivity index (χ4v) is 12.6. The summed E-state index contributed by atoms with van der Waals surface area (Å²) in [5.41, 5.74) is 0.735. The van der Waals surface area contributed by atoms with Crippen LogP contribution in [0.5, 0.6) is 0 Å². The monoisotopic (exact) mass is 900 g/mol. The first-order chi connectivity index (χ1) is 29.7. The maximum absolute atomic E-state index is 14.0. The minimum Gasteiger partial charge on any atom is -0.394 e. The number of aliphatic hydroxyl groups is 10. The molecule has 18 heteroatoms. The van der Waals surface area contributed by atoms with Crippen LogP contribution < -0.4 is 0 Å². The molecule has 0 aromatic heterocycles. The van der Waals surface area contributed by atoms with Crippen molar-refractivity contribution in [3.63, 3.8) is 0 Å². The highest BCUT2D eigenvalue weighted by molar-refractivity contribution is 5.92. The number of ketones is 2. The molecule has 3 saturated heterocycles. The average Bonchev–Trinajstić information content (AvgIpc) is 3.54. The zero-order valence-corrected chi connectivity index (χ0v) is 37.0. The topological polar surface area (TPSA) is 292 Å². The van der Waals surface area contributed by atoms with Gasteiger partial charge in [0.05, 0.1) is 32.0 Å². The lowest BCUT2D eigenvalue weighted by atomic mass is 9.47. The third-order valence-corrected chi connectivity index (χ3v) is 16.5. The van der Waals surface area contributed by atoms with E-state index in [1.165, 1.54) is 12.5 Å². The highest BCUT2D eigenvalue weighted by atomic mass is 16.8. The van der Waals surface area contributed by atoms with E-state index in [0.29, 0.717) is 31.6 Å². The van der Waals surface area contributed by atoms with Gasteiger partial charge in [-0.2, -0.15) is 0 Å². The van der Waals surface area contributed by atoms with Crippen molar-refractivity contribution in [2.75, 3.05) is 19.8 Å². The molecule has 0 aromatic carbocycles. The van der Waals surface area contributed by atoms with Crippen LogP contribution in [0, 0.1) is 46.3 Å². The Balaban J connectivity index is 0.964. The van der Waals surface area contributed by atoms with Gasteiger partial charge in [-0.1, -0.05) is 39.3 Å². The molecular weight excluding hydrogens is 828 g/mol. The summed E-state index contributed by atoms with van der Waals surface area (Å²) in [7, 11) is 0. The molecule has 0 radical (unpaired) electrons. The van der Waals surface area contributed by atoms with Crippen LogP contribution in [0.25, 0.3) is 0 Å². The molecule has 18 nitrogen and oxygen atoms in total. The number of ether oxygens (including phenoxy) is 6. The first-order valence-corrected chi connectivity index (χ1v) is 23.1. The molecule has 7 aliphatic rings. The number of aliphatic hydroxyl groups excluding tert-OH is 10. The van der Waals surface area contributed by atoms with Crippen molar-refractivity contribution in [3.05, 3.63) is 11.6 Å². The van der Waals surface area contributed by atoms with Gasteiger partial charge >= 0.3 is 0 Å². The predicted molar refractivity (Wildman–Crippen MR) is 218 cm³/mol. The van der Waals surface area contributed by atoms with E-state index in [0.717, 1.165) is 25.7 Å². The van der Waals surface area contributed by atoms with Gasteiger partial charge in [-0.25, -0.2) is 0 Å². The van der Waals surface area contributed by atoms with Crippen LogP contribution in [0.1, 0.15) is 92.4 Å². The smallest absolute Gasteiger partial charge is 0.187 e. The molecular formula is C45H72O18. The van der Waals surface area contributed by atoms with Gasteiger partial charge in [0, 0.05) is 24.7 Å². The second kappa shape index (κ2) is 19.6. The molecule has 6 fully saturated rings. The summed E-state index contributed by atoms with van der Waals surface area (Å²) in [6, 6.07) is 0. The second-order valence-corrected chi connectivity index (χ2v) is 20.4. The van der Waals surface area contributed by atoms with E-state index in [1.807, 2.05) is 13.8 Å². The van der Waals surface area contributed by atoms with Crippen LogP contribution in [0.3, 0.4) is 0 Å². The summed E-state index contributed by atoms with van der Waals surface area (Å²) in [5.74, 6) is -0.137. The Labute approximate surface area is 368 Å². The highest BCUT2D eigenvalue weighted by Gasteiger charge is 2.63. The summed E-state index contributed by atoms with van der Waals surface area (Å²) in [6.07, 6.45) is -13.4. The fraction of sp³-hybridized carbons (Fsp3) is 0.911. The molecule has 0 bridgehead atoms. The number of Topliss-reactive ketones (excluding diaryl/α,β-unsaturated/α-hetero) is 2. The Morgan fingerprint density at radius 2 is 1.40 bits per heavy atom.